The number of rotatable bonds is 9. The molecule has 188 valence electrons. The van der Waals surface area contributed by atoms with E-state index in [1.54, 1.807) is 30.5 Å². The van der Waals surface area contributed by atoms with Crippen molar-refractivity contribution in [2.24, 2.45) is 18.7 Å². The molecule has 1 aliphatic carbocycles. The van der Waals surface area contributed by atoms with E-state index in [0.29, 0.717) is 29.7 Å². The summed E-state index contributed by atoms with van der Waals surface area (Å²) in [5, 5.41) is 17.7. The van der Waals surface area contributed by atoms with Gasteiger partial charge in [-0.1, -0.05) is 49.6 Å². The van der Waals surface area contributed by atoms with Crippen LogP contribution in [0.4, 0.5) is 5.69 Å². The van der Waals surface area contributed by atoms with E-state index in [9.17, 15) is 19.5 Å². The number of aryl methyl sites for hydroxylation is 2. The lowest BCUT2D eigenvalue weighted by Gasteiger charge is -2.28. The minimum atomic E-state index is -1.06. The zero-order chi connectivity index (χ0) is 25.8. The van der Waals surface area contributed by atoms with Crippen molar-refractivity contribution >= 4 is 40.1 Å². The number of aromatic nitrogens is 1. The van der Waals surface area contributed by atoms with Crippen molar-refractivity contribution in [1.29, 1.82) is 5.41 Å². The smallest absolute Gasteiger partial charge is 0.323 e. The Balaban J connectivity index is 1.55. The van der Waals surface area contributed by atoms with Crippen LogP contribution in [0.2, 0.25) is 0 Å². The molecule has 3 aromatic rings. The molecule has 4 N–H and O–H groups in total. The van der Waals surface area contributed by atoms with E-state index >= 15 is 0 Å². The highest BCUT2D eigenvalue weighted by molar-refractivity contribution is 6.09. The van der Waals surface area contributed by atoms with Gasteiger partial charge in [-0.15, -0.1) is 0 Å². The number of nitrogens with zero attached hydrogens (tertiary/aromatic N) is 2. The van der Waals surface area contributed by atoms with Crippen molar-refractivity contribution in [3.05, 3.63) is 65.4 Å². The predicted molar refractivity (Wildman–Crippen MR) is 140 cm³/mol. The summed E-state index contributed by atoms with van der Waals surface area (Å²) < 4.78 is 1.84. The standard InChI is InChI=1S/C28H32N4O4/c1-31-16-23(25(33)14-9-18-7-10-19(11-8-18)27(29)30)22-13-12-21(15-24(22)31)32(17-26(34)35)28(36)20-5-3-2-4-6-20/h7-8,10-13,15-16,20H,2-6,9,14,17H2,1H3,(H3,29,30)(H,34,35). The SMILES string of the molecule is Cn1cc(C(=O)CCc2ccc(C(=N)N)cc2)c2ccc(N(CC(=O)O)C(=O)C3CCCCC3)cc21. The first-order valence-electron chi connectivity index (χ1n) is 12.3. The molecule has 0 saturated heterocycles. The quantitative estimate of drug-likeness (QED) is 0.235. The van der Waals surface area contributed by atoms with Crippen LogP contribution in [-0.2, 0) is 23.1 Å². The average Bonchev–Trinajstić information content (AvgIpc) is 3.22. The summed E-state index contributed by atoms with van der Waals surface area (Å²) in [6.07, 6.45) is 7.34. The van der Waals surface area contributed by atoms with Gasteiger partial charge >= 0.3 is 5.97 Å². The fraction of sp³-hybridized carbons (Fsp3) is 0.357. The number of fused-ring (bicyclic) bond motifs is 1. The van der Waals surface area contributed by atoms with Crippen LogP contribution in [-0.4, -0.2) is 39.7 Å². The zero-order valence-corrected chi connectivity index (χ0v) is 20.5. The molecule has 0 atom stereocenters. The fourth-order valence-corrected chi connectivity index (χ4v) is 5.01. The lowest BCUT2D eigenvalue weighted by atomic mass is 9.88. The number of hydrogen-bond acceptors (Lipinski definition) is 4. The van der Waals surface area contributed by atoms with Crippen LogP contribution in [0.3, 0.4) is 0 Å². The molecule has 8 heteroatoms. The molecule has 1 fully saturated rings. The van der Waals surface area contributed by atoms with Gasteiger partial charge in [0.25, 0.3) is 0 Å². The highest BCUT2D eigenvalue weighted by Crippen LogP contribution is 2.31. The summed E-state index contributed by atoms with van der Waals surface area (Å²) in [6.45, 7) is -0.389. The van der Waals surface area contributed by atoms with Crippen LogP contribution in [0.5, 0.6) is 0 Å². The fourth-order valence-electron chi connectivity index (χ4n) is 5.01. The van der Waals surface area contributed by atoms with E-state index in [-0.39, 0.29) is 30.0 Å². The van der Waals surface area contributed by atoms with E-state index in [1.807, 2.05) is 29.8 Å². The summed E-state index contributed by atoms with van der Waals surface area (Å²) >= 11 is 0. The maximum Gasteiger partial charge on any atom is 0.323 e. The first-order valence-corrected chi connectivity index (χ1v) is 12.3. The Labute approximate surface area is 210 Å². The van der Waals surface area contributed by atoms with Crippen molar-refractivity contribution in [2.75, 3.05) is 11.4 Å². The third-order valence-corrected chi connectivity index (χ3v) is 7.01. The zero-order valence-electron chi connectivity index (χ0n) is 20.5. The number of hydrogen-bond donors (Lipinski definition) is 3. The van der Waals surface area contributed by atoms with Gasteiger partial charge in [0.15, 0.2) is 5.78 Å². The van der Waals surface area contributed by atoms with Crippen molar-refractivity contribution in [2.45, 2.75) is 44.9 Å². The summed E-state index contributed by atoms with van der Waals surface area (Å²) in [4.78, 5) is 39.3. The van der Waals surface area contributed by atoms with Gasteiger partial charge in [0.05, 0.1) is 5.52 Å². The molecule has 0 unspecified atom stereocenters. The number of nitrogen functional groups attached to an aromatic ring is 1. The van der Waals surface area contributed by atoms with E-state index < -0.39 is 5.97 Å². The number of amides is 1. The number of aliphatic carboxylic acids is 1. The van der Waals surface area contributed by atoms with Gasteiger partial charge in [-0.2, -0.15) is 0 Å². The van der Waals surface area contributed by atoms with Crippen LogP contribution < -0.4 is 10.6 Å². The van der Waals surface area contributed by atoms with Gasteiger partial charge in [0.1, 0.15) is 12.4 Å². The Hall–Kier alpha value is -3.94. The van der Waals surface area contributed by atoms with Crippen molar-refractivity contribution in [3.63, 3.8) is 0 Å². The van der Waals surface area contributed by atoms with Crippen LogP contribution in [0, 0.1) is 11.3 Å². The van der Waals surface area contributed by atoms with Gasteiger partial charge in [-0.25, -0.2) is 0 Å². The Bertz CT molecular complexity index is 1300. The minimum absolute atomic E-state index is 0.00432. The third-order valence-electron chi connectivity index (χ3n) is 7.01. The van der Waals surface area contributed by atoms with E-state index in [2.05, 4.69) is 0 Å². The Kier molecular flexibility index (Phi) is 7.52. The van der Waals surface area contributed by atoms with E-state index in [4.69, 9.17) is 11.1 Å². The molecule has 8 nitrogen and oxygen atoms in total. The number of carbonyl (C=O) groups is 3. The Morgan fingerprint density at radius 2 is 1.78 bits per heavy atom. The van der Waals surface area contributed by atoms with Gasteiger partial charge < -0.3 is 20.3 Å². The molecular weight excluding hydrogens is 456 g/mol. The summed E-state index contributed by atoms with van der Waals surface area (Å²) in [7, 11) is 1.84. The van der Waals surface area contributed by atoms with E-state index in [1.165, 1.54) is 4.90 Å². The third kappa shape index (κ3) is 5.48. The molecule has 2 aromatic carbocycles. The van der Waals surface area contributed by atoms with Crippen molar-refractivity contribution < 1.29 is 19.5 Å². The second-order valence-corrected chi connectivity index (χ2v) is 9.54. The van der Waals surface area contributed by atoms with Crippen molar-refractivity contribution in [3.8, 4) is 0 Å². The van der Waals surface area contributed by atoms with Crippen LogP contribution in [0.1, 0.15) is 60.0 Å². The average molecular weight is 489 g/mol. The number of carboxylic acids is 1. The Morgan fingerprint density at radius 3 is 2.42 bits per heavy atom. The topological polar surface area (TPSA) is 129 Å². The number of carboxylic acid groups (broad SMARTS) is 1. The number of ketones is 1. The molecule has 0 spiro atoms. The molecule has 1 heterocycles. The molecule has 1 saturated carbocycles. The molecule has 0 bridgehead atoms. The van der Waals surface area contributed by atoms with Crippen LogP contribution in [0.25, 0.3) is 10.9 Å². The molecular formula is C28H32N4O4. The second kappa shape index (κ2) is 10.8. The van der Waals surface area contributed by atoms with Crippen molar-refractivity contribution in [1.82, 2.24) is 4.57 Å². The summed E-state index contributed by atoms with van der Waals surface area (Å²) in [6, 6.07) is 12.7. The number of carbonyl (C=O) groups excluding carboxylic acids is 2. The first kappa shape index (κ1) is 25.2. The molecule has 0 aliphatic heterocycles. The highest BCUT2D eigenvalue weighted by Gasteiger charge is 2.29. The normalized spacial score (nSPS) is 14.0. The number of amidine groups is 1. The second-order valence-electron chi connectivity index (χ2n) is 9.54. The molecule has 1 aromatic heterocycles. The van der Waals surface area contributed by atoms with Gasteiger partial charge in [-0.3, -0.25) is 19.8 Å². The number of benzene rings is 2. The predicted octanol–water partition coefficient (Wildman–Crippen LogP) is 4.28. The monoisotopic (exact) mass is 488 g/mol. The van der Waals surface area contributed by atoms with E-state index in [0.717, 1.165) is 48.6 Å². The molecule has 36 heavy (non-hydrogen) atoms. The largest absolute Gasteiger partial charge is 0.480 e. The maximum atomic E-state index is 13.2. The Morgan fingerprint density at radius 1 is 1.08 bits per heavy atom. The number of nitrogens with one attached hydrogen (secondary N) is 1. The highest BCUT2D eigenvalue weighted by atomic mass is 16.4. The lowest BCUT2D eigenvalue weighted by Crippen LogP contribution is -2.40. The molecule has 1 amide bonds. The van der Waals surface area contributed by atoms with Crippen LogP contribution >= 0.6 is 0 Å². The van der Waals surface area contributed by atoms with Gasteiger partial charge in [0, 0.05) is 47.8 Å². The lowest BCUT2D eigenvalue weighted by molar-refractivity contribution is -0.137. The van der Waals surface area contributed by atoms with Gasteiger partial charge in [0.2, 0.25) is 5.91 Å². The molecule has 4 rings (SSSR count). The number of Topliss-reactive ketones (excluding diaryl/α,β-unsaturated/α-hetero) is 1. The number of nitrogens with two attached hydrogens (primary N) is 1. The number of anilines is 1. The molecule has 1 aliphatic rings. The van der Waals surface area contributed by atoms with Crippen LogP contribution in [0.15, 0.2) is 48.7 Å². The maximum absolute atomic E-state index is 13.2. The summed E-state index contributed by atoms with van der Waals surface area (Å²) in [5.74, 6) is -1.33. The molecule has 0 radical (unpaired) electrons. The summed E-state index contributed by atoms with van der Waals surface area (Å²) in [5.41, 5.74) is 9.04. The van der Waals surface area contributed by atoms with Gasteiger partial charge in [-0.05, 0) is 37.0 Å². The minimum Gasteiger partial charge on any atom is -0.480 e. The first-order chi connectivity index (χ1) is 17.2.